The number of sulfonamides is 2. The fraction of sp³-hybridized carbons (Fsp3) is 0.318. The average molecular weight is 609 g/mol. The molecule has 3 heterocycles. The molecule has 6 N–H and O–H groups in total. The third-order valence-corrected chi connectivity index (χ3v) is 9.48. The monoisotopic (exact) mass is 608 g/mol. The van der Waals surface area contributed by atoms with Gasteiger partial charge in [0.2, 0.25) is 25.9 Å². The maximum atomic E-state index is 13.4. The van der Waals surface area contributed by atoms with E-state index in [1.54, 1.807) is 12.1 Å². The number of hydrogen-bond donors (Lipinski definition) is 4. The zero-order valence-corrected chi connectivity index (χ0v) is 23.8. The molecule has 1 fully saturated rings. The van der Waals surface area contributed by atoms with Gasteiger partial charge in [0, 0.05) is 24.6 Å². The smallest absolute Gasteiger partial charge is 0.241 e. The molecule has 0 spiro atoms. The highest BCUT2D eigenvalue weighted by Gasteiger charge is 2.33. The molecule has 1 aliphatic heterocycles. The molecule has 214 valence electrons. The maximum Gasteiger partial charge on any atom is 0.241 e. The van der Waals surface area contributed by atoms with Gasteiger partial charge in [-0.3, -0.25) is 0 Å². The summed E-state index contributed by atoms with van der Waals surface area (Å²) in [6, 6.07) is 8.01. The summed E-state index contributed by atoms with van der Waals surface area (Å²) < 4.78 is 55.9. The minimum absolute atomic E-state index is 0.103. The molecule has 1 atom stereocenters. The minimum atomic E-state index is -4.59. The van der Waals surface area contributed by atoms with Crippen molar-refractivity contribution < 1.29 is 26.7 Å². The number of aromatic nitrogens is 5. The predicted octanol–water partition coefficient (Wildman–Crippen LogP) is -0.641. The highest BCUT2D eigenvalue weighted by atomic mass is 32.2. The molecule has 18 heteroatoms. The standard InChI is InChI=1S/C20H23N9O4S3.C2H4O2/c1-29-8-7-11(10-29)9-23-36(32,33)15-6-5-12(13-3-2-4-14-17(13)24-20(21)34-14)16(18(15)35(22,30)31)19-25-27-28-26-19;1-2(3)4/h2-6,11,23H,7-10H2,1H3,(H2,21,24)(H2,22,30,31)(H,25,26,27,28);1H3,(H,3,4)/p-1. The molecule has 0 bridgehead atoms. The van der Waals surface area contributed by atoms with Crippen molar-refractivity contribution in [3.05, 3.63) is 30.3 Å². The van der Waals surface area contributed by atoms with E-state index in [1.807, 2.05) is 13.1 Å². The molecule has 1 saturated heterocycles. The summed E-state index contributed by atoms with van der Waals surface area (Å²) >= 11 is 1.26. The van der Waals surface area contributed by atoms with Crippen molar-refractivity contribution in [2.24, 2.45) is 11.1 Å². The SMILES string of the molecule is CC(=O)[O-].CN1CCC(CNS(=O)(=O)c2ccc(-c3cccc4sc(N)nc34)c(-c3nn[nH]n3)c2S(N)(=O)=O)C1. The largest absolute Gasteiger partial charge is 0.550 e. The highest BCUT2D eigenvalue weighted by molar-refractivity contribution is 7.92. The number of nitrogens with one attached hydrogen (secondary N) is 2. The number of carboxylic acid groups (broad SMARTS) is 1. The zero-order chi connectivity index (χ0) is 29.2. The van der Waals surface area contributed by atoms with Gasteiger partial charge in [-0.05, 0) is 55.8 Å². The number of primary sulfonamides is 1. The first-order valence-electron chi connectivity index (χ1n) is 11.7. The van der Waals surface area contributed by atoms with E-state index in [4.69, 9.17) is 20.8 Å². The van der Waals surface area contributed by atoms with Crippen molar-refractivity contribution in [1.29, 1.82) is 0 Å². The number of hydrogen-bond acceptors (Lipinski definition) is 13. The number of fused-ring (bicyclic) bond motifs is 1. The molecule has 2 aromatic carbocycles. The Kier molecular flexibility index (Phi) is 8.47. The zero-order valence-electron chi connectivity index (χ0n) is 21.4. The molecule has 15 nitrogen and oxygen atoms in total. The van der Waals surface area contributed by atoms with E-state index >= 15 is 0 Å². The molecular weight excluding hydrogens is 583 g/mol. The van der Waals surface area contributed by atoms with Crippen LogP contribution in [0.15, 0.2) is 40.1 Å². The van der Waals surface area contributed by atoms with Gasteiger partial charge in [-0.25, -0.2) is 31.7 Å². The van der Waals surface area contributed by atoms with Gasteiger partial charge in [0.05, 0.1) is 15.8 Å². The summed E-state index contributed by atoms with van der Waals surface area (Å²) in [5, 5.41) is 28.5. The normalized spacial score (nSPS) is 16.1. The van der Waals surface area contributed by atoms with Crippen LogP contribution in [0, 0.1) is 5.92 Å². The molecule has 40 heavy (non-hydrogen) atoms. The fourth-order valence-corrected chi connectivity index (χ4v) is 7.93. The summed E-state index contributed by atoms with van der Waals surface area (Å²) in [6.07, 6.45) is 0.828. The summed E-state index contributed by atoms with van der Waals surface area (Å²) in [6.45, 7) is 2.73. The van der Waals surface area contributed by atoms with Crippen molar-refractivity contribution in [1.82, 2.24) is 35.2 Å². The Bertz CT molecular complexity index is 1750. The van der Waals surface area contributed by atoms with Crippen LogP contribution in [0.1, 0.15) is 13.3 Å². The van der Waals surface area contributed by atoms with Gasteiger partial charge < -0.3 is 20.5 Å². The van der Waals surface area contributed by atoms with Crippen LogP contribution < -0.4 is 20.7 Å². The number of carbonyl (C=O) groups excluding carboxylic acids is 1. The number of para-hydroxylation sites is 1. The molecule has 2 aromatic heterocycles. The molecule has 0 aliphatic carbocycles. The highest BCUT2D eigenvalue weighted by Crippen LogP contribution is 2.41. The second-order valence-corrected chi connectivity index (χ2v) is 13.4. The number of tetrazole rings is 1. The Morgan fingerprint density at radius 3 is 2.55 bits per heavy atom. The second kappa shape index (κ2) is 11.5. The number of carbonyl (C=O) groups is 1. The van der Waals surface area contributed by atoms with Gasteiger partial charge in [0.25, 0.3) is 0 Å². The van der Waals surface area contributed by atoms with Gasteiger partial charge in [-0.15, -0.1) is 10.2 Å². The molecule has 0 saturated carbocycles. The van der Waals surface area contributed by atoms with Gasteiger partial charge >= 0.3 is 0 Å². The molecular formula is C22H26N9O6S3-. The third kappa shape index (κ3) is 6.43. The number of nitrogens with two attached hydrogens (primary N) is 2. The lowest BCUT2D eigenvalue weighted by Gasteiger charge is -2.18. The number of carboxylic acids is 1. The van der Waals surface area contributed by atoms with Crippen LogP contribution in [-0.4, -0.2) is 80.0 Å². The van der Waals surface area contributed by atoms with Crippen LogP contribution in [0.2, 0.25) is 0 Å². The van der Waals surface area contributed by atoms with Crippen molar-refractivity contribution in [3.63, 3.8) is 0 Å². The summed E-state index contributed by atoms with van der Waals surface area (Å²) in [7, 11) is -6.91. The average Bonchev–Trinajstić information content (AvgIpc) is 3.61. The molecule has 5 rings (SSSR count). The van der Waals surface area contributed by atoms with Gasteiger partial charge in [0.1, 0.15) is 9.79 Å². The van der Waals surface area contributed by atoms with Crippen LogP contribution in [0.4, 0.5) is 5.13 Å². The van der Waals surface area contributed by atoms with Crippen LogP contribution in [-0.2, 0) is 24.8 Å². The number of H-pyrrole nitrogens is 1. The van der Waals surface area contributed by atoms with E-state index in [1.165, 1.54) is 23.5 Å². The summed E-state index contributed by atoms with van der Waals surface area (Å²) in [4.78, 5) is 14.2. The van der Waals surface area contributed by atoms with Gasteiger partial charge in [-0.1, -0.05) is 29.5 Å². The van der Waals surface area contributed by atoms with Crippen molar-refractivity contribution >= 4 is 52.7 Å². The van der Waals surface area contributed by atoms with Crippen LogP contribution in [0.5, 0.6) is 0 Å². The third-order valence-electron chi connectivity index (χ3n) is 6.04. The number of nitrogen functional groups attached to an aromatic ring is 1. The van der Waals surface area contributed by atoms with Crippen molar-refractivity contribution in [2.75, 3.05) is 32.4 Å². The fourth-order valence-electron chi connectivity index (χ4n) is 4.45. The predicted molar refractivity (Wildman–Crippen MR) is 145 cm³/mol. The molecule has 0 amide bonds. The lowest BCUT2D eigenvalue weighted by atomic mass is 9.98. The van der Waals surface area contributed by atoms with Crippen molar-refractivity contribution in [2.45, 2.75) is 23.1 Å². The number of rotatable bonds is 7. The number of nitrogens with zero attached hydrogens (tertiary/aromatic N) is 5. The number of likely N-dealkylation sites (tertiary alicyclic amines) is 1. The topological polar surface area (TPSA) is 243 Å². The van der Waals surface area contributed by atoms with Crippen molar-refractivity contribution in [3.8, 4) is 22.5 Å². The summed E-state index contributed by atoms with van der Waals surface area (Å²) in [5.41, 5.74) is 7.14. The van der Waals surface area contributed by atoms with Gasteiger partial charge in [-0.2, -0.15) is 5.21 Å². The first kappa shape index (κ1) is 29.4. The van der Waals surface area contributed by atoms with E-state index in [0.29, 0.717) is 21.8 Å². The van der Waals surface area contributed by atoms with E-state index in [-0.39, 0.29) is 23.9 Å². The summed E-state index contributed by atoms with van der Waals surface area (Å²) in [5.74, 6) is -1.12. The Hall–Kier alpha value is -3.55. The van der Waals surface area contributed by atoms with E-state index in [2.05, 4.69) is 35.2 Å². The van der Waals surface area contributed by atoms with E-state index in [9.17, 15) is 16.8 Å². The minimum Gasteiger partial charge on any atom is -0.550 e. The molecule has 1 unspecified atom stereocenters. The Morgan fingerprint density at radius 2 is 1.95 bits per heavy atom. The number of anilines is 1. The maximum absolute atomic E-state index is 13.4. The first-order chi connectivity index (χ1) is 18.8. The number of aliphatic carboxylic acids is 1. The Balaban J connectivity index is 0.000000867. The molecule has 1 aliphatic rings. The quantitative estimate of drug-likeness (QED) is 0.205. The van der Waals surface area contributed by atoms with Crippen LogP contribution >= 0.6 is 11.3 Å². The van der Waals surface area contributed by atoms with E-state index in [0.717, 1.165) is 31.1 Å². The molecule has 0 radical (unpaired) electrons. The van der Waals surface area contributed by atoms with Crippen LogP contribution in [0.3, 0.4) is 0 Å². The number of thiazole rings is 1. The first-order valence-corrected chi connectivity index (χ1v) is 15.6. The van der Waals surface area contributed by atoms with E-state index < -0.39 is 35.8 Å². The number of aromatic amines is 1. The Labute approximate surface area is 233 Å². The second-order valence-electron chi connectivity index (χ2n) is 9.06. The van der Waals surface area contributed by atoms with Gasteiger partial charge in [0.15, 0.2) is 5.13 Å². The van der Waals surface area contributed by atoms with Crippen LogP contribution in [0.25, 0.3) is 32.7 Å². The molecule has 4 aromatic rings. The lowest BCUT2D eigenvalue weighted by Crippen LogP contribution is -2.32. The lowest BCUT2D eigenvalue weighted by molar-refractivity contribution is -0.302. The number of benzene rings is 2. The Morgan fingerprint density at radius 1 is 1.23 bits per heavy atom.